The van der Waals surface area contributed by atoms with Crippen LogP contribution in [0.15, 0.2) is 42.5 Å². The van der Waals surface area contributed by atoms with Crippen molar-refractivity contribution in [2.45, 2.75) is 20.3 Å². The topological polar surface area (TPSA) is 95.6 Å². The normalized spacial score (nSPS) is 12.8. The average Bonchev–Trinajstić information content (AvgIpc) is 2.96. The van der Waals surface area contributed by atoms with Crippen LogP contribution in [-0.2, 0) is 11.2 Å². The molecule has 0 bridgehead atoms. The van der Waals surface area contributed by atoms with E-state index in [1.807, 2.05) is 13.8 Å². The summed E-state index contributed by atoms with van der Waals surface area (Å²) in [5.74, 6) is -1.09. The molecule has 0 aliphatic carbocycles. The van der Waals surface area contributed by atoms with Crippen LogP contribution in [0.2, 0.25) is 5.02 Å². The Morgan fingerprint density at radius 1 is 0.935 bits per heavy atom. The Kier molecular flexibility index (Phi) is 7.07. The highest BCUT2D eigenvalue weighted by molar-refractivity contribution is 6.30. The first-order valence-corrected chi connectivity index (χ1v) is 10.4. The molecule has 1 heterocycles. The predicted molar refractivity (Wildman–Crippen MR) is 117 cm³/mol. The number of fused-ring (bicyclic) bond motifs is 1. The first-order chi connectivity index (χ1) is 14.8. The Balaban J connectivity index is 1.50. The molecule has 8 heteroatoms. The fraction of sp³-hybridized carbons (Fsp3) is 0.304. The molecule has 0 aromatic heterocycles. The SMILES string of the molecule is CC(C)CN1C(=O)c2ccc(C(=O)NCCNC(=O)Cc3ccc(Cl)cc3)cc2C1=O. The predicted octanol–water partition coefficient (Wildman–Crippen LogP) is 2.68. The van der Waals surface area contributed by atoms with E-state index >= 15 is 0 Å². The zero-order chi connectivity index (χ0) is 22.5. The van der Waals surface area contributed by atoms with E-state index in [4.69, 9.17) is 11.6 Å². The molecule has 2 N–H and O–H groups in total. The largest absolute Gasteiger partial charge is 0.354 e. The third kappa shape index (κ3) is 5.49. The van der Waals surface area contributed by atoms with Gasteiger partial charge in [0.2, 0.25) is 5.91 Å². The number of rotatable bonds is 8. The first-order valence-electron chi connectivity index (χ1n) is 10.1. The van der Waals surface area contributed by atoms with Gasteiger partial charge in [-0.1, -0.05) is 37.6 Å². The molecular weight excluding hydrogens is 418 g/mol. The van der Waals surface area contributed by atoms with E-state index in [0.717, 1.165) is 5.56 Å². The van der Waals surface area contributed by atoms with Gasteiger partial charge >= 0.3 is 0 Å². The second-order valence-electron chi connectivity index (χ2n) is 7.78. The standard InChI is InChI=1S/C23H24ClN3O4/c1-14(2)13-27-22(30)18-8-5-16(12-19(18)23(27)31)21(29)26-10-9-25-20(28)11-15-3-6-17(24)7-4-15/h3-8,12,14H,9-11,13H2,1-2H3,(H,25,28)(H,26,29). The molecule has 0 fully saturated rings. The van der Waals surface area contributed by atoms with Gasteiger partial charge in [0.05, 0.1) is 17.5 Å². The fourth-order valence-corrected chi connectivity index (χ4v) is 3.42. The van der Waals surface area contributed by atoms with Crippen LogP contribution in [0.5, 0.6) is 0 Å². The first kappa shape index (κ1) is 22.5. The molecule has 0 radical (unpaired) electrons. The van der Waals surface area contributed by atoms with E-state index in [1.54, 1.807) is 24.3 Å². The molecule has 3 rings (SSSR count). The lowest BCUT2D eigenvalue weighted by Gasteiger charge is -2.15. The van der Waals surface area contributed by atoms with Crippen LogP contribution < -0.4 is 10.6 Å². The van der Waals surface area contributed by atoms with Crippen molar-refractivity contribution in [2.24, 2.45) is 5.92 Å². The third-order valence-corrected chi connectivity index (χ3v) is 5.04. The van der Waals surface area contributed by atoms with Gasteiger partial charge in [0, 0.05) is 30.2 Å². The second kappa shape index (κ2) is 9.75. The lowest BCUT2D eigenvalue weighted by Crippen LogP contribution is -2.35. The van der Waals surface area contributed by atoms with E-state index in [9.17, 15) is 19.2 Å². The molecule has 1 aliphatic rings. The smallest absolute Gasteiger partial charge is 0.261 e. The van der Waals surface area contributed by atoms with Crippen molar-refractivity contribution in [3.05, 3.63) is 69.7 Å². The third-order valence-electron chi connectivity index (χ3n) is 4.79. The van der Waals surface area contributed by atoms with Gasteiger partial charge in [0.15, 0.2) is 0 Å². The van der Waals surface area contributed by atoms with Crippen molar-refractivity contribution < 1.29 is 19.2 Å². The highest BCUT2D eigenvalue weighted by Gasteiger charge is 2.36. The maximum absolute atomic E-state index is 12.5. The number of halogens is 1. The van der Waals surface area contributed by atoms with Crippen molar-refractivity contribution >= 4 is 35.2 Å². The van der Waals surface area contributed by atoms with Gasteiger partial charge in [0.1, 0.15) is 0 Å². The number of nitrogens with zero attached hydrogens (tertiary/aromatic N) is 1. The number of amides is 4. The highest BCUT2D eigenvalue weighted by Crippen LogP contribution is 2.24. The van der Waals surface area contributed by atoms with Crippen LogP contribution in [-0.4, -0.2) is 48.2 Å². The van der Waals surface area contributed by atoms with Gasteiger partial charge in [0.25, 0.3) is 17.7 Å². The maximum Gasteiger partial charge on any atom is 0.261 e. The zero-order valence-electron chi connectivity index (χ0n) is 17.4. The molecule has 0 spiro atoms. The summed E-state index contributed by atoms with van der Waals surface area (Å²) in [5, 5.41) is 6.05. The molecule has 0 atom stereocenters. The van der Waals surface area contributed by atoms with Gasteiger partial charge in [-0.2, -0.15) is 0 Å². The van der Waals surface area contributed by atoms with Crippen molar-refractivity contribution in [1.29, 1.82) is 0 Å². The number of nitrogens with one attached hydrogen (secondary N) is 2. The Labute approximate surface area is 185 Å². The molecular formula is C23H24ClN3O4. The van der Waals surface area contributed by atoms with E-state index in [-0.39, 0.29) is 54.6 Å². The van der Waals surface area contributed by atoms with Gasteiger partial charge in [-0.05, 0) is 41.8 Å². The lowest BCUT2D eigenvalue weighted by molar-refractivity contribution is -0.120. The van der Waals surface area contributed by atoms with Gasteiger partial charge in [-0.15, -0.1) is 0 Å². The molecule has 7 nitrogen and oxygen atoms in total. The van der Waals surface area contributed by atoms with Crippen LogP contribution in [0.1, 0.15) is 50.5 Å². The minimum Gasteiger partial charge on any atom is -0.354 e. The van der Waals surface area contributed by atoms with E-state index in [2.05, 4.69) is 10.6 Å². The fourth-order valence-electron chi connectivity index (χ4n) is 3.29. The Morgan fingerprint density at radius 2 is 1.58 bits per heavy atom. The monoisotopic (exact) mass is 441 g/mol. The van der Waals surface area contributed by atoms with Crippen LogP contribution in [0.3, 0.4) is 0 Å². The zero-order valence-corrected chi connectivity index (χ0v) is 18.2. The van der Waals surface area contributed by atoms with Crippen LogP contribution in [0.4, 0.5) is 0 Å². The molecule has 31 heavy (non-hydrogen) atoms. The summed E-state index contributed by atoms with van der Waals surface area (Å²) in [4.78, 5) is 50.6. The summed E-state index contributed by atoms with van der Waals surface area (Å²) in [6.45, 7) is 4.69. The van der Waals surface area contributed by atoms with E-state index < -0.39 is 0 Å². The molecule has 162 valence electrons. The van der Waals surface area contributed by atoms with Gasteiger partial charge in [-0.3, -0.25) is 24.1 Å². The van der Waals surface area contributed by atoms with E-state index in [0.29, 0.717) is 22.7 Å². The Hall–Kier alpha value is -3.19. The molecule has 0 saturated heterocycles. The van der Waals surface area contributed by atoms with Crippen LogP contribution in [0.25, 0.3) is 0 Å². The van der Waals surface area contributed by atoms with Crippen LogP contribution in [0, 0.1) is 5.92 Å². The van der Waals surface area contributed by atoms with Gasteiger partial charge in [-0.25, -0.2) is 0 Å². The minimum absolute atomic E-state index is 0.153. The summed E-state index contributed by atoms with van der Waals surface area (Å²) in [6, 6.07) is 11.5. The second-order valence-corrected chi connectivity index (χ2v) is 8.22. The Morgan fingerprint density at radius 3 is 2.26 bits per heavy atom. The summed E-state index contributed by atoms with van der Waals surface area (Å²) < 4.78 is 0. The van der Waals surface area contributed by atoms with Crippen molar-refractivity contribution in [2.75, 3.05) is 19.6 Å². The van der Waals surface area contributed by atoms with Crippen molar-refractivity contribution in [3.8, 4) is 0 Å². The molecule has 4 amide bonds. The van der Waals surface area contributed by atoms with Crippen LogP contribution >= 0.6 is 11.6 Å². The molecule has 0 saturated carbocycles. The highest BCUT2D eigenvalue weighted by atomic mass is 35.5. The number of carbonyl (C=O) groups excluding carboxylic acids is 4. The summed E-state index contributed by atoms with van der Waals surface area (Å²) >= 11 is 5.83. The average molecular weight is 442 g/mol. The quantitative estimate of drug-likeness (QED) is 0.486. The number of imide groups is 1. The maximum atomic E-state index is 12.5. The molecule has 2 aromatic carbocycles. The minimum atomic E-state index is -0.377. The molecule has 0 unspecified atom stereocenters. The number of carbonyl (C=O) groups is 4. The van der Waals surface area contributed by atoms with Crippen molar-refractivity contribution in [1.82, 2.24) is 15.5 Å². The Bertz CT molecular complexity index is 1020. The molecule has 1 aliphatic heterocycles. The number of hydrogen-bond acceptors (Lipinski definition) is 4. The summed E-state index contributed by atoms with van der Waals surface area (Å²) in [5.41, 5.74) is 1.69. The van der Waals surface area contributed by atoms with Gasteiger partial charge < -0.3 is 10.6 Å². The molecule has 2 aromatic rings. The van der Waals surface area contributed by atoms with E-state index in [1.165, 1.54) is 23.1 Å². The lowest BCUT2D eigenvalue weighted by atomic mass is 10.1. The summed E-state index contributed by atoms with van der Waals surface area (Å²) in [6.07, 6.45) is 0.221. The number of benzene rings is 2. The van der Waals surface area contributed by atoms with Crippen molar-refractivity contribution in [3.63, 3.8) is 0 Å². The summed E-state index contributed by atoms with van der Waals surface area (Å²) in [7, 11) is 0. The number of hydrogen-bond donors (Lipinski definition) is 2.